The van der Waals surface area contributed by atoms with E-state index in [2.05, 4.69) is 40.2 Å². The summed E-state index contributed by atoms with van der Waals surface area (Å²) in [6.07, 6.45) is 4.36. The van der Waals surface area contributed by atoms with Gasteiger partial charge in [0.15, 0.2) is 17.3 Å². The van der Waals surface area contributed by atoms with Crippen LogP contribution in [0.3, 0.4) is 0 Å². The standard InChI is InChI=1S/C23H24N2O2/c1-15-24-21-10-7-17(13-22(21)27-15)23(26)18-11-19-8-9-20(12-18)25(19)14-16-5-3-2-4-6-16/h2-7,10,13,18-20H,8-9,11-12,14H2,1H3. The number of nitrogens with zero attached hydrogens (tertiary/aromatic N) is 2. The molecule has 27 heavy (non-hydrogen) atoms. The maximum atomic E-state index is 13.2. The molecule has 138 valence electrons. The van der Waals surface area contributed by atoms with Crippen LogP contribution in [-0.2, 0) is 6.54 Å². The maximum absolute atomic E-state index is 13.2. The van der Waals surface area contributed by atoms with Crippen LogP contribution in [0.15, 0.2) is 52.9 Å². The Kier molecular flexibility index (Phi) is 4.09. The average Bonchev–Trinajstić information content (AvgIpc) is 3.15. The average molecular weight is 360 g/mol. The van der Waals surface area contributed by atoms with Gasteiger partial charge in [-0.3, -0.25) is 9.69 Å². The number of aryl methyl sites for hydroxylation is 1. The first-order chi connectivity index (χ1) is 13.2. The van der Waals surface area contributed by atoms with Crippen molar-refractivity contribution in [2.75, 3.05) is 0 Å². The summed E-state index contributed by atoms with van der Waals surface area (Å²) in [6, 6.07) is 17.4. The maximum Gasteiger partial charge on any atom is 0.192 e. The highest BCUT2D eigenvalue weighted by atomic mass is 16.3. The smallest absolute Gasteiger partial charge is 0.192 e. The largest absolute Gasteiger partial charge is 0.441 e. The minimum absolute atomic E-state index is 0.121. The fourth-order valence-electron chi connectivity index (χ4n) is 4.97. The first kappa shape index (κ1) is 16.7. The quantitative estimate of drug-likeness (QED) is 0.629. The summed E-state index contributed by atoms with van der Waals surface area (Å²) in [7, 11) is 0. The Morgan fingerprint density at radius 1 is 1.11 bits per heavy atom. The van der Waals surface area contributed by atoms with E-state index in [-0.39, 0.29) is 11.7 Å². The molecule has 2 aromatic carbocycles. The van der Waals surface area contributed by atoms with Gasteiger partial charge in [0.2, 0.25) is 0 Å². The predicted molar refractivity (Wildman–Crippen MR) is 105 cm³/mol. The van der Waals surface area contributed by atoms with Crippen LogP contribution in [0.4, 0.5) is 0 Å². The molecule has 2 aliphatic heterocycles. The van der Waals surface area contributed by atoms with Gasteiger partial charge in [-0.25, -0.2) is 4.98 Å². The van der Waals surface area contributed by atoms with Gasteiger partial charge < -0.3 is 4.42 Å². The lowest BCUT2D eigenvalue weighted by atomic mass is 9.84. The Morgan fingerprint density at radius 3 is 2.59 bits per heavy atom. The number of ketones is 1. The zero-order valence-electron chi connectivity index (χ0n) is 15.6. The first-order valence-corrected chi connectivity index (χ1v) is 9.88. The van der Waals surface area contributed by atoms with Crippen LogP contribution < -0.4 is 0 Å². The van der Waals surface area contributed by atoms with Crippen molar-refractivity contribution < 1.29 is 9.21 Å². The van der Waals surface area contributed by atoms with Crippen molar-refractivity contribution in [3.05, 3.63) is 65.5 Å². The number of hydrogen-bond acceptors (Lipinski definition) is 4. The summed E-state index contributed by atoms with van der Waals surface area (Å²) in [5.41, 5.74) is 3.66. The summed E-state index contributed by atoms with van der Waals surface area (Å²) in [4.78, 5) is 20.1. The highest BCUT2D eigenvalue weighted by Gasteiger charge is 2.42. The lowest BCUT2D eigenvalue weighted by Gasteiger charge is -2.38. The summed E-state index contributed by atoms with van der Waals surface area (Å²) in [5, 5.41) is 0. The van der Waals surface area contributed by atoms with Gasteiger partial charge in [0.25, 0.3) is 0 Å². The second kappa shape index (κ2) is 6.61. The van der Waals surface area contributed by atoms with E-state index < -0.39 is 0 Å². The molecule has 2 atom stereocenters. The van der Waals surface area contributed by atoms with Gasteiger partial charge in [0.1, 0.15) is 5.52 Å². The minimum Gasteiger partial charge on any atom is -0.441 e. The zero-order chi connectivity index (χ0) is 18.4. The molecule has 0 N–H and O–H groups in total. The minimum atomic E-state index is 0.121. The molecule has 2 fully saturated rings. The van der Waals surface area contributed by atoms with Crippen LogP contribution in [0.2, 0.25) is 0 Å². The highest BCUT2D eigenvalue weighted by Crippen LogP contribution is 2.40. The van der Waals surface area contributed by atoms with Crippen molar-refractivity contribution >= 4 is 16.9 Å². The zero-order valence-corrected chi connectivity index (χ0v) is 15.6. The Balaban J connectivity index is 1.33. The van der Waals surface area contributed by atoms with E-state index in [9.17, 15) is 4.79 Å². The molecule has 3 aromatic rings. The van der Waals surface area contributed by atoms with Crippen molar-refractivity contribution in [2.24, 2.45) is 5.92 Å². The fourth-order valence-corrected chi connectivity index (χ4v) is 4.97. The number of oxazole rings is 1. The molecule has 0 saturated carbocycles. The molecule has 2 aliphatic rings. The lowest BCUT2D eigenvalue weighted by Crippen LogP contribution is -2.44. The molecule has 0 amide bonds. The molecule has 3 heterocycles. The second-order valence-electron chi connectivity index (χ2n) is 7.99. The van der Waals surface area contributed by atoms with Gasteiger partial charge in [-0.2, -0.15) is 0 Å². The molecule has 2 bridgehead atoms. The second-order valence-corrected chi connectivity index (χ2v) is 7.99. The number of carbonyl (C=O) groups is 1. The first-order valence-electron chi connectivity index (χ1n) is 9.88. The summed E-state index contributed by atoms with van der Waals surface area (Å²) < 4.78 is 5.61. The molecular weight excluding hydrogens is 336 g/mol. The topological polar surface area (TPSA) is 46.3 Å². The van der Waals surface area contributed by atoms with Crippen molar-refractivity contribution in [3.63, 3.8) is 0 Å². The Labute approximate surface area is 159 Å². The van der Waals surface area contributed by atoms with E-state index >= 15 is 0 Å². The molecule has 5 rings (SSSR count). The van der Waals surface area contributed by atoms with Crippen molar-refractivity contribution in [3.8, 4) is 0 Å². The summed E-state index contributed by atoms with van der Waals surface area (Å²) in [5.74, 6) is 1.03. The van der Waals surface area contributed by atoms with E-state index in [1.54, 1.807) is 0 Å². The van der Waals surface area contributed by atoms with Crippen LogP contribution in [0.25, 0.3) is 11.1 Å². The Hall–Kier alpha value is -2.46. The number of benzene rings is 2. The molecule has 0 aliphatic carbocycles. The van der Waals surface area contributed by atoms with Crippen LogP contribution in [0.5, 0.6) is 0 Å². The molecule has 0 spiro atoms. The molecular formula is C23H24N2O2. The number of aromatic nitrogens is 1. The summed E-state index contributed by atoms with van der Waals surface area (Å²) >= 11 is 0. The Morgan fingerprint density at radius 2 is 1.85 bits per heavy atom. The van der Waals surface area contributed by atoms with Gasteiger partial charge >= 0.3 is 0 Å². The van der Waals surface area contributed by atoms with Gasteiger partial charge in [-0.15, -0.1) is 0 Å². The number of hydrogen-bond donors (Lipinski definition) is 0. The molecule has 0 radical (unpaired) electrons. The van der Waals surface area contributed by atoms with E-state index in [0.717, 1.165) is 30.5 Å². The number of piperidine rings is 1. The van der Waals surface area contributed by atoms with Gasteiger partial charge in [0, 0.05) is 37.0 Å². The van der Waals surface area contributed by atoms with Gasteiger partial charge in [-0.05, 0) is 49.4 Å². The van der Waals surface area contributed by atoms with Crippen molar-refractivity contribution in [2.45, 2.75) is 51.2 Å². The predicted octanol–water partition coefficient (Wildman–Crippen LogP) is 4.76. The normalized spacial score (nSPS) is 25.1. The third-order valence-electron chi connectivity index (χ3n) is 6.24. The summed E-state index contributed by atoms with van der Waals surface area (Å²) in [6.45, 7) is 2.84. The van der Waals surface area contributed by atoms with Crippen LogP contribution >= 0.6 is 0 Å². The number of rotatable bonds is 4. The number of carbonyl (C=O) groups excluding carboxylic acids is 1. The third-order valence-corrected chi connectivity index (χ3v) is 6.24. The van der Waals surface area contributed by atoms with Crippen molar-refractivity contribution in [1.29, 1.82) is 0 Å². The number of fused-ring (bicyclic) bond motifs is 3. The molecule has 2 unspecified atom stereocenters. The number of Topliss-reactive ketones (excluding diaryl/α,β-unsaturated/α-hetero) is 1. The molecule has 4 heteroatoms. The van der Waals surface area contributed by atoms with E-state index in [1.165, 1.54) is 18.4 Å². The van der Waals surface area contributed by atoms with E-state index in [0.29, 0.717) is 23.6 Å². The van der Waals surface area contributed by atoms with E-state index in [1.807, 2.05) is 25.1 Å². The van der Waals surface area contributed by atoms with Crippen LogP contribution in [0.1, 0.15) is 47.5 Å². The third kappa shape index (κ3) is 3.08. The van der Waals surface area contributed by atoms with Crippen LogP contribution in [0, 0.1) is 12.8 Å². The molecule has 2 saturated heterocycles. The molecule has 1 aromatic heterocycles. The monoisotopic (exact) mass is 360 g/mol. The SMILES string of the molecule is Cc1nc2ccc(C(=O)C3CC4CCC(C3)N4Cc3ccccc3)cc2o1. The fraction of sp³-hybridized carbons (Fsp3) is 0.391. The van der Waals surface area contributed by atoms with Gasteiger partial charge in [-0.1, -0.05) is 30.3 Å². The molecule has 4 nitrogen and oxygen atoms in total. The Bertz CT molecular complexity index is 964. The van der Waals surface area contributed by atoms with Crippen LogP contribution in [-0.4, -0.2) is 27.8 Å². The lowest BCUT2D eigenvalue weighted by molar-refractivity contribution is 0.0678. The van der Waals surface area contributed by atoms with Gasteiger partial charge in [0.05, 0.1) is 0 Å². The highest BCUT2D eigenvalue weighted by molar-refractivity contribution is 6.00. The van der Waals surface area contributed by atoms with Crippen molar-refractivity contribution in [1.82, 2.24) is 9.88 Å². The van der Waals surface area contributed by atoms with E-state index in [4.69, 9.17) is 4.42 Å².